The number of aliphatic imine (C=N–C) groups is 1. The molecule has 0 fully saturated rings. The number of nitrogens with zero attached hydrogens (tertiary/aromatic N) is 2. The molecule has 0 radical (unpaired) electrons. The molecule has 0 aliphatic carbocycles. The Morgan fingerprint density at radius 2 is 1.97 bits per heavy atom. The largest absolute Gasteiger partial charge is 0.466 e. The fourth-order valence-electron chi connectivity index (χ4n) is 3.72. The number of carbonyl (C=O) groups is 1. The van der Waals surface area contributed by atoms with Gasteiger partial charge in [0, 0.05) is 12.7 Å². The number of rotatable bonds is 4. The maximum atomic E-state index is 13.3. The molecule has 10 heteroatoms. The number of benzene rings is 2. The van der Waals surface area contributed by atoms with E-state index in [9.17, 15) is 18.0 Å². The van der Waals surface area contributed by atoms with Crippen LogP contribution in [0, 0.1) is 0 Å². The number of hydrogen-bond acceptors (Lipinski definition) is 5. The number of alkyl halides is 3. The molecule has 2 heterocycles. The lowest BCUT2D eigenvalue weighted by molar-refractivity contribution is -0.137. The van der Waals surface area contributed by atoms with Gasteiger partial charge in [0.1, 0.15) is 0 Å². The number of esters is 1. The van der Waals surface area contributed by atoms with E-state index in [4.69, 9.17) is 14.2 Å². The second kappa shape index (κ2) is 8.68. The van der Waals surface area contributed by atoms with Gasteiger partial charge in [0.05, 0.1) is 30.8 Å². The van der Waals surface area contributed by atoms with Crippen LogP contribution >= 0.6 is 0 Å². The highest BCUT2D eigenvalue weighted by atomic mass is 19.4. The normalized spacial score (nSPS) is 19.0. The molecular weight excluding hydrogens is 439 g/mol. The van der Waals surface area contributed by atoms with E-state index in [2.05, 4.69) is 10.3 Å². The molecule has 7 nitrogen and oxygen atoms in total. The molecule has 0 saturated carbocycles. The fraction of sp³-hybridized carbons (Fsp3) is 0.304. The molecule has 0 saturated heterocycles. The summed E-state index contributed by atoms with van der Waals surface area (Å²) in [5, 5.41) is 3.11. The Labute approximate surface area is 188 Å². The quantitative estimate of drug-likeness (QED) is 0.694. The molecule has 2 aliphatic rings. The highest BCUT2D eigenvalue weighted by molar-refractivity contribution is 5.96. The molecule has 2 aromatic rings. The monoisotopic (exact) mass is 461 g/mol. The minimum atomic E-state index is -4.51. The maximum absolute atomic E-state index is 13.3. The van der Waals surface area contributed by atoms with Gasteiger partial charge < -0.3 is 24.4 Å². The lowest BCUT2D eigenvalue weighted by Crippen LogP contribution is -2.47. The van der Waals surface area contributed by atoms with E-state index >= 15 is 0 Å². The molecule has 0 bridgehead atoms. The molecule has 0 aromatic heterocycles. The van der Waals surface area contributed by atoms with Crippen LogP contribution in [0.1, 0.15) is 29.7 Å². The number of carbonyl (C=O) groups excluding carboxylic acids is 1. The molecule has 1 atom stereocenters. The van der Waals surface area contributed by atoms with Crippen molar-refractivity contribution in [1.82, 2.24) is 10.2 Å². The summed E-state index contributed by atoms with van der Waals surface area (Å²) in [6.45, 7) is 2.14. The number of nitrogens with one attached hydrogen (secondary N) is 1. The zero-order valence-corrected chi connectivity index (χ0v) is 18.2. The van der Waals surface area contributed by atoms with Crippen LogP contribution in [0.25, 0.3) is 0 Å². The summed E-state index contributed by atoms with van der Waals surface area (Å²) in [4.78, 5) is 18.8. The number of fused-ring (bicyclic) bond motifs is 1. The van der Waals surface area contributed by atoms with Gasteiger partial charge in [-0.2, -0.15) is 13.2 Å². The number of hydrogen-bond donors (Lipinski definition) is 1. The Balaban J connectivity index is 1.69. The first-order valence-corrected chi connectivity index (χ1v) is 10.1. The van der Waals surface area contributed by atoms with Crippen LogP contribution in [-0.4, -0.2) is 37.8 Å². The van der Waals surface area contributed by atoms with Gasteiger partial charge >= 0.3 is 12.1 Å². The number of allylic oxidation sites excluding steroid dienone is 1. The zero-order valence-electron chi connectivity index (χ0n) is 18.2. The van der Waals surface area contributed by atoms with E-state index in [0.29, 0.717) is 23.2 Å². The average Bonchev–Trinajstić information content (AvgIpc) is 3.27. The van der Waals surface area contributed by atoms with Crippen LogP contribution in [0.2, 0.25) is 0 Å². The second-order valence-corrected chi connectivity index (χ2v) is 7.58. The van der Waals surface area contributed by atoms with E-state index in [1.165, 1.54) is 19.2 Å². The molecule has 33 heavy (non-hydrogen) atoms. The third-order valence-electron chi connectivity index (χ3n) is 5.57. The summed E-state index contributed by atoms with van der Waals surface area (Å²) < 4.78 is 55.5. The summed E-state index contributed by atoms with van der Waals surface area (Å²) in [7, 11) is 2.95. The fourth-order valence-corrected chi connectivity index (χ4v) is 3.72. The molecule has 0 spiro atoms. The average molecular weight is 461 g/mol. The van der Waals surface area contributed by atoms with Crippen molar-refractivity contribution in [2.75, 3.05) is 21.0 Å². The highest BCUT2D eigenvalue weighted by Crippen LogP contribution is 2.36. The van der Waals surface area contributed by atoms with Crippen molar-refractivity contribution in [2.24, 2.45) is 4.99 Å². The van der Waals surface area contributed by atoms with E-state index in [0.717, 1.165) is 17.7 Å². The summed E-state index contributed by atoms with van der Waals surface area (Å²) in [5.74, 6) is 1.05. The Bertz CT molecular complexity index is 1140. The van der Waals surface area contributed by atoms with Gasteiger partial charge in [0.15, 0.2) is 17.5 Å². The van der Waals surface area contributed by atoms with E-state index in [1.54, 1.807) is 24.9 Å². The van der Waals surface area contributed by atoms with Crippen LogP contribution < -0.4 is 14.8 Å². The topological polar surface area (TPSA) is 72.4 Å². The smallest absolute Gasteiger partial charge is 0.416 e. The Hall–Kier alpha value is -3.69. The molecule has 2 aromatic carbocycles. The van der Waals surface area contributed by atoms with Gasteiger partial charge in [-0.05, 0) is 42.3 Å². The molecule has 1 unspecified atom stereocenters. The molecule has 174 valence electrons. The third-order valence-corrected chi connectivity index (χ3v) is 5.57. The first-order chi connectivity index (χ1) is 15.7. The predicted octanol–water partition coefficient (Wildman–Crippen LogP) is 4.01. The van der Waals surface area contributed by atoms with Crippen molar-refractivity contribution in [3.8, 4) is 11.5 Å². The first kappa shape index (κ1) is 22.5. The van der Waals surface area contributed by atoms with Crippen molar-refractivity contribution in [3.05, 3.63) is 70.4 Å². The van der Waals surface area contributed by atoms with Crippen molar-refractivity contribution in [3.63, 3.8) is 0 Å². The molecular formula is C23H22F3N3O4. The van der Waals surface area contributed by atoms with Crippen molar-refractivity contribution in [1.29, 1.82) is 0 Å². The number of guanidine groups is 1. The number of halogens is 3. The van der Waals surface area contributed by atoms with Crippen LogP contribution in [0.15, 0.2) is 58.7 Å². The van der Waals surface area contributed by atoms with Crippen molar-refractivity contribution >= 4 is 11.9 Å². The van der Waals surface area contributed by atoms with Crippen LogP contribution in [0.5, 0.6) is 11.5 Å². The van der Waals surface area contributed by atoms with Crippen molar-refractivity contribution in [2.45, 2.75) is 25.7 Å². The minimum absolute atomic E-state index is 0.163. The molecule has 1 N–H and O–H groups in total. The number of ether oxygens (including phenoxy) is 3. The van der Waals surface area contributed by atoms with Gasteiger partial charge in [0.25, 0.3) is 0 Å². The Kier molecular flexibility index (Phi) is 5.92. The lowest BCUT2D eigenvalue weighted by atomic mass is 9.93. The highest BCUT2D eigenvalue weighted by Gasteiger charge is 2.36. The van der Waals surface area contributed by atoms with Crippen LogP contribution in [0.4, 0.5) is 13.2 Å². The second-order valence-electron chi connectivity index (χ2n) is 7.58. The van der Waals surface area contributed by atoms with Gasteiger partial charge in [-0.15, -0.1) is 0 Å². The van der Waals surface area contributed by atoms with Crippen LogP contribution in [-0.2, 0) is 22.3 Å². The van der Waals surface area contributed by atoms with Gasteiger partial charge in [-0.3, -0.25) is 0 Å². The predicted molar refractivity (Wildman–Crippen MR) is 114 cm³/mol. The SMILES string of the molecule is COC(=O)C1=C(C)N(C)C(=NCc2ccc3c(c2)OCO3)NC1c1cccc(C(F)(F)F)c1. The Morgan fingerprint density at radius 3 is 2.70 bits per heavy atom. The van der Waals surface area contributed by atoms with Gasteiger partial charge in [0.2, 0.25) is 6.79 Å². The van der Waals surface area contributed by atoms with Gasteiger partial charge in [-0.25, -0.2) is 9.79 Å². The minimum Gasteiger partial charge on any atom is -0.466 e. The van der Waals surface area contributed by atoms with E-state index in [1.807, 2.05) is 12.1 Å². The Morgan fingerprint density at radius 1 is 1.21 bits per heavy atom. The summed E-state index contributed by atoms with van der Waals surface area (Å²) >= 11 is 0. The third kappa shape index (κ3) is 4.46. The van der Waals surface area contributed by atoms with Crippen molar-refractivity contribution < 1.29 is 32.2 Å². The van der Waals surface area contributed by atoms with Crippen LogP contribution in [0.3, 0.4) is 0 Å². The molecule has 4 rings (SSSR count). The van der Waals surface area contributed by atoms with E-state index in [-0.39, 0.29) is 24.5 Å². The molecule has 2 aliphatic heterocycles. The summed E-state index contributed by atoms with van der Waals surface area (Å²) in [6.07, 6.45) is -4.51. The standard InChI is InChI=1S/C23H22F3N3O4/c1-13-19(21(30)31-3)20(15-5-4-6-16(10-15)23(24,25)26)28-22(29(13)2)27-11-14-7-8-17-18(9-14)33-12-32-17/h4-10,20H,11-12H2,1-3H3,(H,27,28). The maximum Gasteiger partial charge on any atom is 0.416 e. The lowest BCUT2D eigenvalue weighted by Gasteiger charge is -2.36. The summed E-state index contributed by atoms with van der Waals surface area (Å²) in [5.41, 5.74) is 1.06. The van der Waals surface area contributed by atoms with E-state index < -0.39 is 23.8 Å². The first-order valence-electron chi connectivity index (χ1n) is 10.1. The summed E-state index contributed by atoms with van der Waals surface area (Å²) in [6, 6.07) is 9.45. The van der Waals surface area contributed by atoms with Gasteiger partial charge in [-0.1, -0.05) is 18.2 Å². The number of methoxy groups -OCH3 is 1. The molecule has 0 amide bonds. The zero-order chi connectivity index (χ0) is 23.8.